The molecule has 2 heterocycles. The molecule has 1 aromatic heterocycles. The molecule has 1 saturated carbocycles. The summed E-state index contributed by atoms with van der Waals surface area (Å²) in [5, 5.41) is 3.28. The lowest BCUT2D eigenvalue weighted by Crippen LogP contribution is -2.47. The number of carbonyl (C=O) groups is 1. The average Bonchev–Trinajstić information content (AvgIpc) is 3.21. The smallest absolute Gasteiger partial charge is 0.223 e. The number of nitrogens with one attached hydrogen (secondary N) is 1. The molecule has 3 rings (SSSR count). The molecule has 1 aliphatic carbocycles. The monoisotopic (exact) mass is 277 g/mol. The Morgan fingerprint density at radius 1 is 1.40 bits per heavy atom. The van der Waals surface area contributed by atoms with Crippen molar-refractivity contribution in [3.05, 3.63) is 24.2 Å². The SMILES string of the molecule is O=C(CCN(Cc1ccco1)C1CC1)N1CCNCC1. The maximum absolute atomic E-state index is 12.2. The van der Waals surface area contributed by atoms with Crippen molar-refractivity contribution in [1.29, 1.82) is 0 Å². The predicted molar refractivity (Wildman–Crippen MR) is 76.2 cm³/mol. The molecule has 20 heavy (non-hydrogen) atoms. The Balaban J connectivity index is 1.48. The molecule has 5 heteroatoms. The van der Waals surface area contributed by atoms with Crippen LogP contribution in [0.2, 0.25) is 0 Å². The maximum atomic E-state index is 12.2. The quantitative estimate of drug-likeness (QED) is 0.845. The minimum atomic E-state index is 0.289. The summed E-state index contributed by atoms with van der Waals surface area (Å²) in [6.07, 6.45) is 4.84. The largest absolute Gasteiger partial charge is 0.468 e. The first-order valence-electron chi connectivity index (χ1n) is 7.58. The van der Waals surface area contributed by atoms with Crippen molar-refractivity contribution in [2.24, 2.45) is 0 Å². The lowest BCUT2D eigenvalue weighted by atomic mass is 10.2. The van der Waals surface area contributed by atoms with Gasteiger partial charge in [0.15, 0.2) is 0 Å². The fourth-order valence-corrected chi connectivity index (χ4v) is 2.74. The van der Waals surface area contributed by atoms with Crippen LogP contribution < -0.4 is 5.32 Å². The van der Waals surface area contributed by atoms with E-state index in [1.165, 1.54) is 12.8 Å². The van der Waals surface area contributed by atoms with Crippen LogP contribution >= 0.6 is 0 Å². The highest BCUT2D eigenvalue weighted by molar-refractivity contribution is 5.76. The molecule has 0 atom stereocenters. The van der Waals surface area contributed by atoms with Crippen LogP contribution in [0.3, 0.4) is 0 Å². The third-order valence-electron chi connectivity index (χ3n) is 4.08. The summed E-state index contributed by atoms with van der Waals surface area (Å²) in [5.74, 6) is 1.28. The van der Waals surface area contributed by atoms with Crippen LogP contribution in [0.1, 0.15) is 25.0 Å². The lowest BCUT2D eigenvalue weighted by molar-refractivity contribution is -0.132. The molecule has 2 aliphatic rings. The summed E-state index contributed by atoms with van der Waals surface area (Å²) in [6, 6.07) is 4.58. The van der Waals surface area contributed by atoms with Crippen molar-refractivity contribution in [1.82, 2.24) is 15.1 Å². The van der Waals surface area contributed by atoms with Gasteiger partial charge < -0.3 is 14.6 Å². The molecule has 1 amide bonds. The van der Waals surface area contributed by atoms with Gasteiger partial charge in [-0.2, -0.15) is 0 Å². The second-order valence-corrected chi connectivity index (χ2v) is 5.66. The van der Waals surface area contributed by atoms with E-state index in [1.54, 1.807) is 6.26 Å². The number of amides is 1. The van der Waals surface area contributed by atoms with Gasteiger partial charge in [-0.05, 0) is 25.0 Å². The Kier molecular flexibility index (Phi) is 4.38. The second kappa shape index (κ2) is 6.41. The molecule has 2 fully saturated rings. The summed E-state index contributed by atoms with van der Waals surface area (Å²) in [4.78, 5) is 16.6. The summed E-state index contributed by atoms with van der Waals surface area (Å²) < 4.78 is 5.42. The van der Waals surface area contributed by atoms with Gasteiger partial charge in [-0.15, -0.1) is 0 Å². The fraction of sp³-hybridized carbons (Fsp3) is 0.667. The van der Waals surface area contributed by atoms with Gasteiger partial charge in [-0.25, -0.2) is 0 Å². The molecular weight excluding hydrogens is 254 g/mol. The van der Waals surface area contributed by atoms with Crippen molar-refractivity contribution in [3.63, 3.8) is 0 Å². The lowest BCUT2D eigenvalue weighted by Gasteiger charge is -2.28. The van der Waals surface area contributed by atoms with E-state index < -0.39 is 0 Å². The molecular formula is C15H23N3O2. The molecule has 1 saturated heterocycles. The molecule has 0 spiro atoms. The van der Waals surface area contributed by atoms with Crippen LogP contribution in [-0.2, 0) is 11.3 Å². The van der Waals surface area contributed by atoms with Crippen LogP contribution in [0.15, 0.2) is 22.8 Å². The number of hydrogen-bond donors (Lipinski definition) is 1. The number of furan rings is 1. The molecule has 5 nitrogen and oxygen atoms in total. The third kappa shape index (κ3) is 3.61. The van der Waals surface area contributed by atoms with Gasteiger partial charge >= 0.3 is 0 Å². The van der Waals surface area contributed by atoms with Crippen LogP contribution in [0.25, 0.3) is 0 Å². The number of carbonyl (C=O) groups excluding carboxylic acids is 1. The zero-order valence-electron chi connectivity index (χ0n) is 11.9. The van der Waals surface area contributed by atoms with E-state index in [1.807, 2.05) is 17.0 Å². The van der Waals surface area contributed by atoms with E-state index in [9.17, 15) is 4.79 Å². The molecule has 1 aliphatic heterocycles. The molecule has 110 valence electrons. The van der Waals surface area contributed by atoms with Crippen molar-refractivity contribution in [3.8, 4) is 0 Å². The Morgan fingerprint density at radius 2 is 2.20 bits per heavy atom. The third-order valence-corrected chi connectivity index (χ3v) is 4.08. The zero-order chi connectivity index (χ0) is 13.8. The second-order valence-electron chi connectivity index (χ2n) is 5.66. The normalized spacial score (nSPS) is 19.6. The Labute approximate surface area is 119 Å². The minimum absolute atomic E-state index is 0.289. The fourth-order valence-electron chi connectivity index (χ4n) is 2.74. The standard InChI is InChI=1S/C15H23N3O2/c19-15(17-9-6-16-7-10-17)5-8-18(13-3-4-13)12-14-2-1-11-20-14/h1-2,11,13,16H,3-10,12H2. The Hall–Kier alpha value is -1.33. The number of rotatable bonds is 6. The zero-order valence-corrected chi connectivity index (χ0v) is 11.9. The highest BCUT2D eigenvalue weighted by Crippen LogP contribution is 2.28. The van der Waals surface area contributed by atoms with Crippen LogP contribution in [-0.4, -0.2) is 54.5 Å². The highest BCUT2D eigenvalue weighted by Gasteiger charge is 2.30. The van der Waals surface area contributed by atoms with Gasteiger partial charge in [0.05, 0.1) is 12.8 Å². The first-order chi connectivity index (χ1) is 9.83. The van der Waals surface area contributed by atoms with E-state index in [2.05, 4.69) is 10.2 Å². The first kappa shape index (κ1) is 13.6. The van der Waals surface area contributed by atoms with Crippen LogP contribution in [0.5, 0.6) is 0 Å². The summed E-state index contributed by atoms with van der Waals surface area (Å²) in [5.41, 5.74) is 0. The van der Waals surface area contributed by atoms with E-state index >= 15 is 0 Å². The van der Waals surface area contributed by atoms with E-state index in [-0.39, 0.29) is 5.91 Å². The number of piperazine rings is 1. The van der Waals surface area contributed by atoms with Gasteiger partial charge in [0, 0.05) is 45.2 Å². The van der Waals surface area contributed by atoms with Gasteiger partial charge in [0.25, 0.3) is 0 Å². The van der Waals surface area contributed by atoms with Crippen molar-refractivity contribution >= 4 is 5.91 Å². The molecule has 1 aromatic rings. The maximum Gasteiger partial charge on any atom is 0.223 e. The van der Waals surface area contributed by atoms with Crippen molar-refractivity contribution in [2.75, 3.05) is 32.7 Å². The molecule has 1 N–H and O–H groups in total. The molecule has 0 unspecified atom stereocenters. The Bertz CT molecular complexity index is 422. The van der Waals surface area contributed by atoms with Gasteiger partial charge in [0.2, 0.25) is 5.91 Å². The van der Waals surface area contributed by atoms with Gasteiger partial charge in [0.1, 0.15) is 5.76 Å². The number of hydrogen-bond acceptors (Lipinski definition) is 4. The summed E-state index contributed by atoms with van der Waals surface area (Å²) >= 11 is 0. The minimum Gasteiger partial charge on any atom is -0.468 e. The highest BCUT2D eigenvalue weighted by atomic mass is 16.3. The predicted octanol–water partition coefficient (Wildman–Crippen LogP) is 1.07. The van der Waals surface area contributed by atoms with Gasteiger partial charge in [-0.3, -0.25) is 9.69 Å². The topological polar surface area (TPSA) is 48.7 Å². The average molecular weight is 277 g/mol. The van der Waals surface area contributed by atoms with E-state index in [0.717, 1.165) is 45.0 Å². The molecule has 0 radical (unpaired) electrons. The van der Waals surface area contributed by atoms with Crippen LogP contribution in [0, 0.1) is 0 Å². The summed E-state index contributed by atoms with van der Waals surface area (Å²) in [6.45, 7) is 5.20. The number of nitrogens with zero attached hydrogens (tertiary/aromatic N) is 2. The Morgan fingerprint density at radius 3 is 2.85 bits per heavy atom. The van der Waals surface area contributed by atoms with E-state index in [4.69, 9.17) is 4.42 Å². The van der Waals surface area contributed by atoms with Crippen LogP contribution in [0.4, 0.5) is 0 Å². The molecule has 0 bridgehead atoms. The van der Waals surface area contributed by atoms with Crippen molar-refractivity contribution in [2.45, 2.75) is 31.8 Å². The van der Waals surface area contributed by atoms with E-state index in [0.29, 0.717) is 12.5 Å². The first-order valence-corrected chi connectivity index (χ1v) is 7.58. The van der Waals surface area contributed by atoms with Gasteiger partial charge in [-0.1, -0.05) is 0 Å². The van der Waals surface area contributed by atoms with Crippen molar-refractivity contribution < 1.29 is 9.21 Å². The molecule has 0 aromatic carbocycles. The summed E-state index contributed by atoms with van der Waals surface area (Å²) in [7, 11) is 0.